The molecule has 1 unspecified atom stereocenters. The molecule has 3 rings (SSSR count). The summed E-state index contributed by atoms with van der Waals surface area (Å²) in [5, 5.41) is 13.4. The molecule has 0 aliphatic rings. The number of hydrogen-bond donors (Lipinski definition) is 2. The lowest BCUT2D eigenvalue weighted by molar-refractivity contribution is 0.203. The average molecular weight is 392 g/mol. The van der Waals surface area contributed by atoms with Crippen LogP contribution in [-0.2, 0) is 0 Å². The Bertz CT molecular complexity index is 1030. The number of allylic oxidation sites excluding steroid dienone is 3. The van der Waals surface area contributed by atoms with Crippen molar-refractivity contribution in [1.29, 1.82) is 0 Å². The van der Waals surface area contributed by atoms with Gasteiger partial charge in [-0.15, -0.1) is 0 Å². The van der Waals surface area contributed by atoms with Crippen LogP contribution in [0.3, 0.4) is 0 Å². The molecule has 3 heterocycles. The second-order valence-electron chi connectivity index (χ2n) is 7.27. The largest absolute Gasteiger partial charge is 0.388 e. The Morgan fingerprint density at radius 3 is 2.62 bits per heavy atom. The van der Waals surface area contributed by atoms with Gasteiger partial charge in [-0.1, -0.05) is 52.3 Å². The van der Waals surface area contributed by atoms with Gasteiger partial charge in [0.05, 0.1) is 6.10 Å². The first-order valence-corrected chi connectivity index (χ1v) is 10.4. The molecular weight excluding hydrogens is 358 g/mol. The molecule has 3 aromatic rings. The van der Waals surface area contributed by atoms with E-state index in [1.807, 2.05) is 38.4 Å². The van der Waals surface area contributed by atoms with E-state index in [1.54, 1.807) is 6.20 Å². The Morgan fingerprint density at radius 1 is 1.24 bits per heavy atom. The number of nitrogens with zero attached hydrogens (tertiary/aromatic N) is 2. The SMILES string of the molecule is C=C(/C=C(C)\C(=C/C)c1cc2cnc3nccc3c2c[nH]1)C(O)CCC.CCC. The molecule has 0 aliphatic carbocycles. The molecule has 0 aliphatic heterocycles. The summed E-state index contributed by atoms with van der Waals surface area (Å²) in [5.41, 5.74) is 4.66. The van der Waals surface area contributed by atoms with Gasteiger partial charge in [0.15, 0.2) is 5.65 Å². The summed E-state index contributed by atoms with van der Waals surface area (Å²) < 4.78 is 0. The van der Waals surface area contributed by atoms with Crippen LogP contribution in [-0.4, -0.2) is 26.2 Å². The minimum atomic E-state index is -0.490. The Kier molecular flexibility index (Phi) is 8.34. The maximum atomic E-state index is 10.1. The highest BCUT2D eigenvalue weighted by Crippen LogP contribution is 2.28. The number of H-pyrrole nitrogens is 1. The minimum Gasteiger partial charge on any atom is -0.388 e. The third-order valence-corrected chi connectivity index (χ3v) is 4.67. The summed E-state index contributed by atoms with van der Waals surface area (Å²) >= 11 is 0. The van der Waals surface area contributed by atoms with Crippen molar-refractivity contribution in [2.45, 2.75) is 60.0 Å². The Balaban J connectivity index is 0.000000941. The third-order valence-electron chi connectivity index (χ3n) is 4.67. The molecule has 0 amide bonds. The van der Waals surface area contributed by atoms with Crippen LogP contribution >= 0.6 is 0 Å². The van der Waals surface area contributed by atoms with Crippen molar-refractivity contribution in [2.75, 3.05) is 0 Å². The van der Waals surface area contributed by atoms with Gasteiger partial charge >= 0.3 is 0 Å². The molecule has 1 atom stereocenters. The fourth-order valence-corrected chi connectivity index (χ4v) is 3.28. The fourth-order valence-electron chi connectivity index (χ4n) is 3.28. The Morgan fingerprint density at radius 2 is 1.97 bits per heavy atom. The fraction of sp³-hybridized carbons (Fsp3) is 0.360. The molecular formula is C25H33N3O. The highest BCUT2D eigenvalue weighted by Gasteiger charge is 2.10. The minimum absolute atomic E-state index is 0.490. The van der Waals surface area contributed by atoms with Gasteiger partial charge in [0, 0.05) is 40.4 Å². The lowest BCUT2D eigenvalue weighted by Crippen LogP contribution is -2.07. The molecule has 0 bridgehead atoms. The van der Waals surface area contributed by atoms with Crippen molar-refractivity contribution >= 4 is 27.4 Å². The first-order chi connectivity index (χ1) is 14.0. The zero-order valence-corrected chi connectivity index (χ0v) is 18.3. The Hall–Kier alpha value is -2.72. The monoisotopic (exact) mass is 391 g/mol. The third kappa shape index (κ3) is 5.42. The van der Waals surface area contributed by atoms with Crippen LogP contribution in [0.15, 0.2) is 60.6 Å². The molecule has 29 heavy (non-hydrogen) atoms. The van der Waals surface area contributed by atoms with Gasteiger partial charge in [-0.25, -0.2) is 9.97 Å². The summed E-state index contributed by atoms with van der Waals surface area (Å²) in [6.07, 6.45) is 12.1. The maximum absolute atomic E-state index is 10.1. The number of pyridine rings is 2. The number of nitrogens with one attached hydrogen (secondary N) is 1. The van der Waals surface area contributed by atoms with Crippen LogP contribution in [0.2, 0.25) is 0 Å². The van der Waals surface area contributed by atoms with Gasteiger partial charge < -0.3 is 10.1 Å². The second kappa shape index (κ2) is 10.7. The highest BCUT2D eigenvalue weighted by atomic mass is 16.3. The number of fused-ring (bicyclic) bond motifs is 3. The van der Waals surface area contributed by atoms with E-state index in [0.29, 0.717) is 0 Å². The molecule has 2 N–H and O–H groups in total. The molecule has 0 saturated carbocycles. The smallest absolute Gasteiger partial charge is 0.159 e. The van der Waals surface area contributed by atoms with E-state index >= 15 is 0 Å². The topological polar surface area (TPSA) is 61.8 Å². The van der Waals surface area contributed by atoms with E-state index in [0.717, 1.165) is 57.1 Å². The lowest BCUT2D eigenvalue weighted by atomic mass is 9.97. The number of aromatic nitrogens is 3. The van der Waals surface area contributed by atoms with Crippen LogP contribution in [0.25, 0.3) is 27.4 Å². The summed E-state index contributed by atoms with van der Waals surface area (Å²) in [7, 11) is 0. The van der Waals surface area contributed by atoms with E-state index in [9.17, 15) is 5.11 Å². The summed E-state index contributed by atoms with van der Waals surface area (Å²) in [6.45, 7) is 14.4. The molecule has 0 radical (unpaired) electrons. The molecule has 0 aromatic carbocycles. The van der Waals surface area contributed by atoms with Crippen molar-refractivity contribution in [3.8, 4) is 0 Å². The standard InChI is InChI=1S/C22H25N3O.C3H8/c1-5-7-21(26)15(4)10-14(3)17(6-2)20-11-16-12-25-22-18(8-9-23-22)19(16)13-24-20;1-3-2/h6,8-13,21,24,26H,4-5,7H2,1-3H3;3H2,1-2H3/b14-10-,17-6+;. The van der Waals surface area contributed by atoms with Crippen molar-refractivity contribution in [2.24, 2.45) is 0 Å². The number of aliphatic hydroxyl groups is 1. The van der Waals surface area contributed by atoms with Gasteiger partial charge in [0.2, 0.25) is 0 Å². The molecule has 0 fully saturated rings. The van der Waals surface area contributed by atoms with Crippen molar-refractivity contribution < 1.29 is 5.11 Å². The van der Waals surface area contributed by atoms with Crippen LogP contribution in [0.4, 0.5) is 0 Å². The normalized spacial score (nSPS) is 13.3. The number of aromatic amines is 1. The van der Waals surface area contributed by atoms with Crippen LogP contribution in [0.5, 0.6) is 0 Å². The van der Waals surface area contributed by atoms with Crippen molar-refractivity contribution in [3.63, 3.8) is 0 Å². The number of aliphatic hydroxyl groups excluding tert-OH is 1. The highest BCUT2D eigenvalue weighted by molar-refractivity contribution is 6.04. The summed E-state index contributed by atoms with van der Waals surface area (Å²) in [5.74, 6) is 0. The van der Waals surface area contributed by atoms with E-state index in [4.69, 9.17) is 0 Å². The number of rotatable bonds is 6. The second-order valence-corrected chi connectivity index (χ2v) is 7.27. The van der Waals surface area contributed by atoms with Crippen molar-refractivity contribution in [3.05, 3.63) is 66.3 Å². The molecule has 3 aromatic heterocycles. The van der Waals surface area contributed by atoms with E-state index in [2.05, 4.69) is 54.4 Å². The molecule has 4 heteroatoms. The maximum Gasteiger partial charge on any atom is 0.159 e. The zero-order chi connectivity index (χ0) is 21.4. The van der Waals surface area contributed by atoms with E-state index in [1.165, 1.54) is 6.42 Å². The predicted molar refractivity (Wildman–Crippen MR) is 125 cm³/mol. The van der Waals surface area contributed by atoms with Gasteiger partial charge in [-0.2, -0.15) is 0 Å². The van der Waals surface area contributed by atoms with E-state index in [-0.39, 0.29) is 0 Å². The lowest BCUT2D eigenvalue weighted by Gasteiger charge is -2.13. The van der Waals surface area contributed by atoms with Crippen LogP contribution in [0, 0.1) is 0 Å². The predicted octanol–water partition coefficient (Wildman–Crippen LogP) is 6.59. The molecule has 0 spiro atoms. The van der Waals surface area contributed by atoms with Gasteiger partial charge in [0.25, 0.3) is 0 Å². The average Bonchev–Trinajstić information content (AvgIpc) is 3.18. The first kappa shape index (κ1) is 22.6. The first-order valence-electron chi connectivity index (χ1n) is 10.4. The van der Waals surface area contributed by atoms with Crippen molar-refractivity contribution in [1.82, 2.24) is 15.0 Å². The zero-order valence-electron chi connectivity index (χ0n) is 18.3. The van der Waals surface area contributed by atoms with Gasteiger partial charge in [0.1, 0.15) is 0 Å². The molecule has 154 valence electrons. The van der Waals surface area contributed by atoms with Crippen LogP contribution in [0.1, 0.15) is 59.6 Å². The number of hydrogen-bond acceptors (Lipinski definition) is 3. The summed E-state index contributed by atoms with van der Waals surface area (Å²) in [4.78, 5) is 12.1. The van der Waals surface area contributed by atoms with Gasteiger partial charge in [-0.05, 0) is 49.1 Å². The summed E-state index contributed by atoms with van der Waals surface area (Å²) in [6, 6.07) is 4.09. The molecule has 4 nitrogen and oxygen atoms in total. The van der Waals surface area contributed by atoms with Gasteiger partial charge in [-0.3, -0.25) is 0 Å². The van der Waals surface area contributed by atoms with Crippen LogP contribution < -0.4 is 0 Å². The van der Waals surface area contributed by atoms with E-state index < -0.39 is 6.10 Å². The molecule has 0 saturated heterocycles. The quantitative estimate of drug-likeness (QED) is 0.466. The Labute approximate surface area is 174 Å².